The van der Waals surface area contributed by atoms with Crippen LogP contribution in [0.1, 0.15) is 63.6 Å². The molecule has 1 aliphatic heterocycles. The SMILES string of the molecule is CC1CC(c2nc3c4ccc5c(c4nc(N)n3n2)OC(F)(F)O5)CCCCC1CCC(F)(F)F. The normalized spacial score (nSPS) is 24.9. The summed E-state index contributed by atoms with van der Waals surface area (Å²) in [6, 6.07) is 2.90. The van der Waals surface area contributed by atoms with Gasteiger partial charge in [0.2, 0.25) is 5.95 Å². The van der Waals surface area contributed by atoms with Crippen molar-refractivity contribution in [1.29, 1.82) is 0 Å². The molecule has 12 heteroatoms. The van der Waals surface area contributed by atoms with E-state index in [1.165, 1.54) is 10.6 Å². The van der Waals surface area contributed by atoms with Gasteiger partial charge in [0.1, 0.15) is 5.52 Å². The van der Waals surface area contributed by atoms with Crippen LogP contribution >= 0.6 is 0 Å². The summed E-state index contributed by atoms with van der Waals surface area (Å²) in [4.78, 5) is 8.87. The molecular formula is C22H24F5N5O2. The van der Waals surface area contributed by atoms with E-state index in [0.717, 1.165) is 25.7 Å². The van der Waals surface area contributed by atoms with Gasteiger partial charge in [0.15, 0.2) is 23.0 Å². The lowest BCUT2D eigenvalue weighted by molar-refractivity contribution is -0.286. The van der Waals surface area contributed by atoms with Crippen molar-refractivity contribution in [2.75, 3.05) is 5.73 Å². The Kier molecular flexibility index (Phi) is 5.44. The second kappa shape index (κ2) is 8.09. The van der Waals surface area contributed by atoms with E-state index in [9.17, 15) is 22.0 Å². The first kappa shape index (κ1) is 22.9. The van der Waals surface area contributed by atoms with E-state index < -0.39 is 18.9 Å². The smallest absolute Gasteiger partial charge is 0.395 e. The lowest BCUT2D eigenvalue weighted by atomic mass is 9.76. The maximum atomic E-state index is 13.6. The number of hydrogen-bond acceptors (Lipinski definition) is 6. The van der Waals surface area contributed by atoms with E-state index in [0.29, 0.717) is 23.3 Å². The van der Waals surface area contributed by atoms with Crippen molar-refractivity contribution in [3.63, 3.8) is 0 Å². The second-order valence-corrected chi connectivity index (χ2v) is 9.24. The molecule has 184 valence electrons. The Morgan fingerprint density at radius 1 is 1.15 bits per heavy atom. The van der Waals surface area contributed by atoms with Crippen LogP contribution in [0.4, 0.5) is 27.9 Å². The quantitative estimate of drug-likeness (QED) is 0.470. The van der Waals surface area contributed by atoms with Gasteiger partial charge in [-0.2, -0.15) is 17.7 Å². The molecule has 0 radical (unpaired) electrons. The number of aromatic nitrogens is 4. The first-order valence-corrected chi connectivity index (χ1v) is 11.3. The molecule has 3 aromatic rings. The van der Waals surface area contributed by atoms with Gasteiger partial charge >= 0.3 is 12.5 Å². The molecule has 2 aliphatic rings. The number of nitrogens with zero attached hydrogens (tertiary/aromatic N) is 4. The number of ether oxygens (including phenoxy) is 2. The lowest BCUT2D eigenvalue weighted by Gasteiger charge is -2.30. The predicted octanol–water partition coefficient (Wildman–Crippen LogP) is 5.82. The third-order valence-corrected chi connectivity index (χ3v) is 6.86. The Bertz CT molecular complexity index is 1230. The minimum Gasteiger partial charge on any atom is -0.395 e. The van der Waals surface area contributed by atoms with Crippen molar-refractivity contribution >= 4 is 22.5 Å². The van der Waals surface area contributed by atoms with Crippen LogP contribution in [0.3, 0.4) is 0 Å². The summed E-state index contributed by atoms with van der Waals surface area (Å²) in [7, 11) is 0. The van der Waals surface area contributed by atoms with E-state index in [1.54, 1.807) is 6.07 Å². The molecule has 1 aromatic carbocycles. The molecule has 2 N–H and O–H groups in total. The van der Waals surface area contributed by atoms with Crippen LogP contribution < -0.4 is 15.2 Å². The van der Waals surface area contributed by atoms with Crippen molar-refractivity contribution in [2.24, 2.45) is 11.8 Å². The Labute approximate surface area is 191 Å². The maximum absolute atomic E-state index is 13.6. The fraction of sp³-hybridized carbons (Fsp3) is 0.591. The highest BCUT2D eigenvalue weighted by molar-refractivity contribution is 5.97. The Morgan fingerprint density at radius 3 is 2.68 bits per heavy atom. The molecular weight excluding hydrogens is 461 g/mol. The predicted molar refractivity (Wildman–Crippen MR) is 113 cm³/mol. The zero-order valence-electron chi connectivity index (χ0n) is 18.4. The zero-order valence-corrected chi connectivity index (χ0v) is 18.4. The summed E-state index contributed by atoms with van der Waals surface area (Å²) in [6.45, 7) is 1.99. The van der Waals surface area contributed by atoms with Crippen molar-refractivity contribution in [2.45, 2.75) is 70.3 Å². The van der Waals surface area contributed by atoms with Gasteiger partial charge < -0.3 is 15.2 Å². The number of hydrogen-bond donors (Lipinski definition) is 1. The average molecular weight is 485 g/mol. The van der Waals surface area contributed by atoms with E-state index >= 15 is 0 Å². The molecule has 3 unspecified atom stereocenters. The third-order valence-electron chi connectivity index (χ3n) is 6.86. The molecule has 34 heavy (non-hydrogen) atoms. The second-order valence-electron chi connectivity index (χ2n) is 9.24. The highest BCUT2D eigenvalue weighted by Gasteiger charge is 2.45. The van der Waals surface area contributed by atoms with Crippen molar-refractivity contribution in [1.82, 2.24) is 19.6 Å². The highest BCUT2D eigenvalue weighted by atomic mass is 19.4. The van der Waals surface area contributed by atoms with Crippen molar-refractivity contribution in [3.05, 3.63) is 18.0 Å². The summed E-state index contributed by atoms with van der Waals surface area (Å²) in [5.74, 6) is 0.109. The zero-order chi connectivity index (χ0) is 24.3. The number of halogens is 5. The number of benzene rings is 1. The monoisotopic (exact) mass is 485 g/mol. The van der Waals surface area contributed by atoms with Crippen molar-refractivity contribution in [3.8, 4) is 11.5 Å². The van der Waals surface area contributed by atoms with Crippen LogP contribution in [0.25, 0.3) is 16.6 Å². The standard InChI is InChI=1S/C22H24F5N5O2/c1-11-10-13(5-3-2-4-12(11)8-9-21(23,24)25)18-30-19-14-6-7-15-17(34-22(26,27)33-15)16(14)29-20(28)32(19)31-18/h6-7,11-13H,2-5,8-10H2,1H3,(H2,28,29). The molecule has 2 aromatic heterocycles. The van der Waals surface area contributed by atoms with Gasteiger partial charge in [-0.05, 0) is 43.2 Å². The van der Waals surface area contributed by atoms with Crippen LogP contribution in [-0.4, -0.2) is 32.1 Å². The largest absolute Gasteiger partial charge is 0.586 e. The first-order valence-electron chi connectivity index (χ1n) is 11.3. The number of anilines is 1. The fourth-order valence-corrected chi connectivity index (χ4v) is 5.14. The van der Waals surface area contributed by atoms with E-state index in [2.05, 4.69) is 24.5 Å². The molecule has 0 saturated heterocycles. The summed E-state index contributed by atoms with van der Waals surface area (Å²) in [5, 5.41) is 4.97. The van der Waals surface area contributed by atoms with Gasteiger partial charge in [0.05, 0.1) is 0 Å². The molecule has 0 bridgehead atoms. The Balaban J connectivity index is 1.47. The maximum Gasteiger partial charge on any atom is 0.586 e. The Morgan fingerprint density at radius 2 is 1.91 bits per heavy atom. The van der Waals surface area contributed by atoms with Crippen LogP contribution in [0.15, 0.2) is 12.1 Å². The topological polar surface area (TPSA) is 87.6 Å². The van der Waals surface area contributed by atoms with Crippen LogP contribution in [0.5, 0.6) is 11.5 Å². The molecule has 7 nitrogen and oxygen atoms in total. The highest BCUT2D eigenvalue weighted by Crippen LogP contribution is 2.46. The third kappa shape index (κ3) is 4.29. The summed E-state index contributed by atoms with van der Waals surface area (Å²) >= 11 is 0. The van der Waals surface area contributed by atoms with Crippen LogP contribution in [0, 0.1) is 11.8 Å². The van der Waals surface area contributed by atoms with Gasteiger partial charge in [-0.15, -0.1) is 13.9 Å². The number of nitrogens with two attached hydrogens (primary N) is 1. The minimum atomic E-state index is -4.16. The van der Waals surface area contributed by atoms with E-state index in [-0.39, 0.29) is 47.1 Å². The van der Waals surface area contributed by atoms with Crippen LogP contribution in [-0.2, 0) is 0 Å². The molecule has 1 saturated carbocycles. The summed E-state index contributed by atoms with van der Waals surface area (Å²) in [5.41, 5.74) is 6.52. The van der Waals surface area contributed by atoms with Crippen LogP contribution in [0.2, 0.25) is 0 Å². The first-order chi connectivity index (χ1) is 16.0. The molecule has 1 fully saturated rings. The van der Waals surface area contributed by atoms with E-state index in [4.69, 9.17) is 5.73 Å². The molecule has 5 rings (SSSR count). The number of fused-ring (bicyclic) bond motifs is 5. The molecule has 1 aliphatic carbocycles. The minimum absolute atomic E-state index is 0.0181. The van der Waals surface area contributed by atoms with Gasteiger partial charge in [-0.25, -0.2) is 9.97 Å². The fourth-order valence-electron chi connectivity index (χ4n) is 5.14. The molecule has 0 spiro atoms. The number of rotatable bonds is 3. The number of nitrogen functional groups attached to an aromatic ring is 1. The van der Waals surface area contributed by atoms with Gasteiger partial charge in [-0.3, -0.25) is 0 Å². The van der Waals surface area contributed by atoms with Gasteiger partial charge in [0, 0.05) is 17.7 Å². The van der Waals surface area contributed by atoms with Gasteiger partial charge in [0.25, 0.3) is 0 Å². The molecule has 3 heterocycles. The summed E-state index contributed by atoms with van der Waals surface area (Å²) < 4.78 is 76.0. The number of alkyl halides is 5. The lowest BCUT2D eigenvalue weighted by Crippen LogP contribution is -2.26. The van der Waals surface area contributed by atoms with E-state index in [1.807, 2.05) is 6.92 Å². The molecule has 3 atom stereocenters. The Hall–Kier alpha value is -2.92. The van der Waals surface area contributed by atoms with Crippen molar-refractivity contribution < 1.29 is 31.4 Å². The summed E-state index contributed by atoms with van der Waals surface area (Å²) in [6.07, 6.45) is -4.66. The van der Waals surface area contributed by atoms with Gasteiger partial charge in [-0.1, -0.05) is 26.2 Å². The average Bonchev–Trinajstić information content (AvgIpc) is 3.30. The molecule has 0 amide bonds.